The molecule has 3 aromatic carbocycles. The van der Waals surface area contributed by atoms with Crippen LogP contribution < -0.4 is 0 Å². The highest BCUT2D eigenvalue weighted by Crippen LogP contribution is 2.35. The van der Waals surface area contributed by atoms with Gasteiger partial charge in [0.25, 0.3) is 0 Å². The first kappa shape index (κ1) is 26.2. The molecule has 1 atom stereocenters. The Bertz CT molecular complexity index is 1490. The maximum absolute atomic E-state index is 12.8. The molecule has 1 saturated heterocycles. The number of carbonyl (C=O) groups is 1. The number of amides is 1. The van der Waals surface area contributed by atoms with Gasteiger partial charge in [-0.1, -0.05) is 85.5 Å². The van der Waals surface area contributed by atoms with Crippen molar-refractivity contribution in [1.29, 1.82) is 0 Å². The Morgan fingerprint density at radius 3 is 2.54 bits per heavy atom. The average molecular weight is 518 g/mol. The van der Waals surface area contributed by atoms with E-state index in [1.165, 1.54) is 11.1 Å². The summed E-state index contributed by atoms with van der Waals surface area (Å²) in [6.07, 6.45) is 9.18. The molecule has 1 fully saturated rings. The number of benzene rings is 3. The van der Waals surface area contributed by atoms with Gasteiger partial charge in [0.15, 0.2) is 0 Å². The molecule has 39 heavy (non-hydrogen) atoms. The molecule has 0 spiro atoms. The number of allylic oxidation sites excluding steroid dienone is 2. The number of rotatable bonds is 6. The fourth-order valence-corrected chi connectivity index (χ4v) is 5.03. The Morgan fingerprint density at radius 2 is 1.77 bits per heavy atom. The van der Waals surface area contributed by atoms with E-state index in [1.807, 2.05) is 39.1 Å². The van der Waals surface area contributed by atoms with Gasteiger partial charge in [0.1, 0.15) is 11.4 Å². The van der Waals surface area contributed by atoms with Crippen molar-refractivity contribution in [3.05, 3.63) is 109 Å². The first-order valence-corrected chi connectivity index (χ1v) is 13.5. The minimum Gasteiger partial charge on any atom is -0.444 e. The van der Waals surface area contributed by atoms with Gasteiger partial charge in [-0.25, -0.2) is 9.78 Å². The molecule has 0 radical (unpaired) electrons. The summed E-state index contributed by atoms with van der Waals surface area (Å²) in [6.45, 7) is 10.2. The SMILES string of the molecule is C=CC=Cc1ccc(-c2cnc([C@@H]3CCCN3C(=O)OC(C)(C)C)[nH]2)cc1-c1cccc(-c2ccccc2)c1. The van der Waals surface area contributed by atoms with Crippen molar-refractivity contribution in [2.75, 3.05) is 6.54 Å². The molecule has 1 aromatic heterocycles. The topological polar surface area (TPSA) is 58.2 Å². The standard InChI is InChI=1S/C34H35N3O2/c1-5-6-12-25-18-19-28(22-29(25)27-16-10-15-26(21-27)24-13-8-7-9-14-24)30-23-35-32(36-30)31-17-11-20-37(31)33(38)39-34(2,3)4/h5-10,12-16,18-19,21-23,31H,1,11,17,20H2,2-4H3,(H,35,36)/t31-/m0/s1. The number of imidazole rings is 1. The molecule has 1 aliphatic heterocycles. The lowest BCUT2D eigenvalue weighted by atomic mass is 9.93. The van der Waals surface area contributed by atoms with Gasteiger partial charge in [-0.05, 0) is 73.6 Å². The zero-order chi connectivity index (χ0) is 27.4. The van der Waals surface area contributed by atoms with Crippen LogP contribution in [0.25, 0.3) is 39.6 Å². The van der Waals surface area contributed by atoms with Gasteiger partial charge in [0.05, 0.1) is 17.9 Å². The normalized spacial score (nSPS) is 15.6. The number of carbonyl (C=O) groups excluding carboxylic acids is 1. The molecule has 5 nitrogen and oxygen atoms in total. The zero-order valence-electron chi connectivity index (χ0n) is 22.9. The van der Waals surface area contributed by atoms with Gasteiger partial charge in [-0.3, -0.25) is 4.90 Å². The second-order valence-electron chi connectivity index (χ2n) is 10.9. The van der Waals surface area contributed by atoms with Crippen molar-refractivity contribution >= 4 is 12.2 Å². The number of ether oxygens (including phenoxy) is 1. The van der Waals surface area contributed by atoms with E-state index in [0.717, 1.165) is 46.6 Å². The molecule has 1 amide bonds. The smallest absolute Gasteiger partial charge is 0.410 e. The third-order valence-corrected chi connectivity index (χ3v) is 6.85. The second kappa shape index (κ2) is 11.2. The van der Waals surface area contributed by atoms with Gasteiger partial charge in [0, 0.05) is 12.1 Å². The summed E-state index contributed by atoms with van der Waals surface area (Å²) in [4.78, 5) is 22.8. The maximum atomic E-state index is 12.8. The van der Waals surface area contributed by atoms with Crippen LogP contribution in [0.15, 0.2) is 97.7 Å². The average Bonchev–Trinajstić information content (AvgIpc) is 3.62. The van der Waals surface area contributed by atoms with E-state index in [0.29, 0.717) is 6.54 Å². The Morgan fingerprint density at radius 1 is 1.00 bits per heavy atom. The first-order chi connectivity index (χ1) is 18.8. The monoisotopic (exact) mass is 517 g/mol. The lowest BCUT2D eigenvalue weighted by molar-refractivity contribution is 0.0218. The van der Waals surface area contributed by atoms with Crippen LogP contribution in [0.3, 0.4) is 0 Å². The van der Waals surface area contributed by atoms with Gasteiger partial charge in [-0.2, -0.15) is 0 Å². The molecule has 5 rings (SSSR count). The minimum atomic E-state index is -0.533. The van der Waals surface area contributed by atoms with Crippen LogP contribution in [0.1, 0.15) is 51.0 Å². The van der Waals surface area contributed by atoms with Crippen molar-refractivity contribution in [3.63, 3.8) is 0 Å². The number of H-pyrrole nitrogens is 1. The lowest BCUT2D eigenvalue weighted by Gasteiger charge is -2.27. The quantitative estimate of drug-likeness (QED) is 0.260. The molecule has 0 saturated carbocycles. The largest absolute Gasteiger partial charge is 0.444 e. The summed E-state index contributed by atoms with van der Waals surface area (Å²) in [5.74, 6) is 0.789. The third kappa shape index (κ3) is 6.04. The van der Waals surface area contributed by atoms with E-state index < -0.39 is 5.60 Å². The van der Waals surface area contributed by atoms with Gasteiger partial charge >= 0.3 is 6.09 Å². The number of nitrogens with zero attached hydrogens (tertiary/aromatic N) is 2. The lowest BCUT2D eigenvalue weighted by Crippen LogP contribution is -2.36. The van der Waals surface area contributed by atoms with E-state index in [1.54, 1.807) is 11.0 Å². The number of likely N-dealkylation sites (tertiary alicyclic amines) is 1. The molecule has 0 unspecified atom stereocenters. The van der Waals surface area contributed by atoms with Crippen molar-refractivity contribution < 1.29 is 9.53 Å². The van der Waals surface area contributed by atoms with E-state index in [4.69, 9.17) is 9.72 Å². The summed E-state index contributed by atoms with van der Waals surface area (Å²) in [7, 11) is 0. The van der Waals surface area contributed by atoms with Crippen molar-refractivity contribution in [2.45, 2.75) is 45.3 Å². The molecular weight excluding hydrogens is 482 g/mol. The number of hydrogen-bond acceptors (Lipinski definition) is 3. The summed E-state index contributed by atoms with van der Waals surface area (Å²) in [6, 6.07) is 25.3. The molecule has 0 aliphatic carbocycles. The highest BCUT2D eigenvalue weighted by molar-refractivity contribution is 5.82. The fourth-order valence-electron chi connectivity index (χ4n) is 5.03. The van der Waals surface area contributed by atoms with Gasteiger partial charge in [0.2, 0.25) is 0 Å². The molecule has 198 valence electrons. The predicted molar refractivity (Wildman–Crippen MR) is 159 cm³/mol. The number of aromatic amines is 1. The highest BCUT2D eigenvalue weighted by Gasteiger charge is 2.34. The van der Waals surface area contributed by atoms with Gasteiger partial charge in [-0.15, -0.1) is 0 Å². The molecule has 4 aromatic rings. The Kier molecular flexibility index (Phi) is 7.51. The maximum Gasteiger partial charge on any atom is 0.410 e. The fraction of sp³-hybridized carbons (Fsp3) is 0.235. The van der Waals surface area contributed by atoms with Crippen molar-refractivity contribution in [3.8, 4) is 33.5 Å². The number of hydrogen-bond donors (Lipinski definition) is 1. The summed E-state index contributed by atoms with van der Waals surface area (Å²) < 4.78 is 5.65. The van der Waals surface area contributed by atoms with E-state index in [2.05, 4.69) is 84.4 Å². The summed E-state index contributed by atoms with van der Waals surface area (Å²) in [5.41, 5.74) is 7.13. The molecule has 1 aliphatic rings. The van der Waals surface area contributed by atoms with Crippen LogP contribution in [-0.2, 0) is 4.74 Å². The Labute approximate surface area is 230 Å². The first-order valence-electron chi connectivity index (χ1n) is 13.5. The Balaban J connectivity index is 1.48. The van der Waals surface area contributed by atoms with E-state index in [-0.39, 0.29) is 12.1 Å². The molecule has 5 heteroatoms. The second-order valence-corrected chi connectivity index (χ2v) is 10.9. The van der Waals surface area contributed by atoms with Crippen molar-refractivity contribution in [1.82, 2.24) is 14.9 Å². The number of aromatic nitrogens is 2. The molecular formula is C34H35N3O2. The van der Waals surface area contributed by atoms with Crippen LogP contribution in [-0.4, -0.2) is 33.1 Å². The van der Waals surface area contributed by atoms with E-state index in [9.17, 15) is 4.79 Å². The van der Waals surface area contributed by atoms with Crippen LogP contribution in [0, 0.1) is 0 Å². The molecule has 1 N–H and O–H groups in total. The summed E-state index contributed by atoms with van der Waals surface area (Å²) in [5, 5.41) is 0. The van der Waals surface area contributed by atoms with Crippen LogP contribution in [0.5, 0.6) is 0 Å². The van der Waals surface area contributed by atoms with Crippen molar-refractivity contribution in [2.24, 2.45) is 0 Å². The van der Waals surface area contributed by atoms with Crippen LogP contribution in [0.4, 0.5) is 4.79 Å². The van der Waals surface area contributed by atoms with Crippen LogP contribution in [0.2, 0.25) is 0 Å². The zero-order valence-corrected chi connectivity index (χ0v) is 22.9. The van der Waals surface area contributed by atoms with Crippen LogP contribution >= 0.6 is 0 Å². The highest BCUT2D eigenvalue weighted by atomic mass is 16.6. The van der Waals surface area contributed by atoms with Gasteiger partial charge < -0.3 is 9.72 Å². The summed E-state index contributed by atoms with van der Waals surface area (Å²) >= 11 is 0. The predicted octanol–water partition coefficient (Wildman–Crippen LogP) is 8.68. The third-order valence-electron chi connectivity index (χ3n) is 6.85. The Hall–Kier alpha value is -4.38. The van der Waals surface area contributed by atoms with E-state index >= 15 is 0 Å². The minimum absolute atomic E-state index is 0.120. The molecule has 2 heterocycles. The molecule has 0 bridgehead atoms. The number of nitrogens with one attached hydrogen (secondary N) is 1.